The number of hydrogen-bond acceptors (Lipinski definition) is 3. The fraction of sp³-hybridized carbons (Fsp3) is 0.333. The quantitative estimate of drug-likeness (QED) is 0.715. The van der Waals surface area contributed by atoms with E-state index < -0.39 is 11.4 Å². The second-order valence-electron chi connectivity index (χ2n) is 3.88. The summed E-state index contributed by atoms with van der Waals surface area (Å²) in [6, 6.07) is 8.87. The van der Waals surface area contributed by atoms with Gasteiger partial charge in [0.2, 0.25) is 0 Å². The molecule has 0 aliphatic heterocycles. The molecule has 1 aliphatic rings. The monoisotopic (exact) mass is 200 g/mol. The fourth-order valence-electron chi connectivity index (χ4n) is 2.05. The van der Waals surface area contributed by atoms with E-state index >= 15 is 0 Å². The van der Waals surface area contributed by atoms with E-state index in [0.717, 1.165) is 19.3 Å². The van der Waals surface area contributed by atoms with Gasteiger partial charge in [-0.3, -0.25) is 0 Å². The van der Waals surface area contributed by atoms with Gasteiger partial charge in [-0.25, -0.2) is 0 Å². The molecule has 0 spiro atoms. The van der Waals surface area contributed by atoms with Gasteiger partial charge in [0.05, 0.1) is 17.5 Å². The van der Waals surface area contributed by atoms with Crippen LogP contribution in [-0.4, -0.2) is 5.97 Å². The third-order valence-electron chi connectivity index (χ3n) is 3.08. The minimum Gasteiger partial charge on any atom is -0.545 e. The van der Waals surface area contributed by atoms with Crippen LogP contribution in [-0.2, 0) is 5.41 Å². The van der Waals surface area contributed by atoms with Crippen molar-refractivity contribution in [3.05, 3.63) is 35.4 Å². The zero-order chi connectivity index (χ0) is 10.9. The van der Waals surface area contributed by atoms with E-state index in [2.05, 4.69) is 6.07 Å². The van der Waals surface area contributed by atoms with Gasteiger partial charge >= 0.3 is 0 Å². The molecule has 0 bridgehead atoms. The van der Waals surface area contributed by atoms with Gasteiger partial charge in [0, 0.05) is 5.56 Å². The molecule has 15 heavy (non-hydrogen) atoms. The van der Waals surface area contributed by atoms with Gasteiger partial charge in [-0.2, -0.15) is 5.26 Å². The first-order valence-corrected chi connectivity index (χ1v) is 4.92. The molecule has 0 aromatic heterocycles. The van der Waals surface area contributed by atoms with Crippen LogP contribution in [0.15, 0.2) is 24.3 Å². The number of rotatable bonds is 2. The normalized spacial score (nSPS) is 17.5. The molecule has 0 unspecified atom stereocenters. The Bertz CT molecular complexity index is 441. The zero-order valence-corrected chi connectivity index (χ0v) is 8.19. The molecule has 1 aromatic carbocycles. The lowest BCUT2D eigenvalue weighted by molar-refractivity contribution is -0.255. The SMILES string of the molecule is N#CC1(c2ccccc2C(=O)[O-])CCC1. The molecule has 76 valence electrons. The van der Waals surface area contributed by atoms with E-state index in [4.69, 9.17) is 5.26 Å². The van der Waals surface area contributed by atoms with Gasteiger partial charge in [-0.1, -0.05) is 24.3 Å². The highest BCUT2D eigenvalue weighted by atomic mass is 16.4. The van der Waals surface area contributed by atoms with Crippen molar-refractivity contribution >= 4 is 5.97 Å². The number of carbonyl (C=O) groups excluding carboxylic acids is 1. The van der Waals surface area contributed by atoms with Crippen molar-refractivity contribution < 1.29 is 9.90 Å². The Labute approximate surface area is 88.0 Å². The van der Waals surface area contributed by atoms with Gasteiger partial charge in [0.1, 0.15) is 0 Å². The third-order valence-corrected chi connectivity index (χ3v) is 3.08. The Morgan fingerprint density at radius 1 is 1.40 bits per heavy atom. The summed E-state index contributed by atoms with van der Waals surface area (Å²) < 4.78 is 0. The molecule has 3 nitrogen and oxygen atoms in total. The van der Waals surface area contributed by atoms with Crippen molar-refractivity contribution in [1.29, 1.82) is 5.26 Å². The molecule has 0 radical (unpaired) electrons. The van der Waals surface area contributed by atoms with E-state index in [1.807, 2.05) is 0 Å². The van der Waals surface area contributed by atoms with E-state index in [1.54, 1.807) is 18.2 Å². The van der Waals surface area contributed by atoms with E-state index in [9.17, 15) is 9.90 Å². The van der Waals surface area contributed by atoms with Crippen LogP contribution in [0.25, 0.3) is 0 Å². The van der Waals surface area contributed by atoms with Gasteiger partial charge in [-0.05, 0) is 24.8 Å². The van der Waals surface area contributed by atoms with Crippen LogP contribution >= 0.6 is 0 Å². The number of hydrogen-bond donors (Lipinski definition) is 0. The van der Waals surface area contributed by atoms with Crippen molar-refractivity contribution in [2.45, 2.75) is 24.7 Å². The number of aromatic carboxylic acids is 1. The maximum absolute atomic E-state index is 10.9. The Morgan fingerprint density at radius 2 is 2.07 bits per heavy atom. The number of nitrogens with zero attached hydrogens (tertiary/aromatic N) is 1. The zero-order valence-electron chi connectivity index (χ0n) is 8.19. The summed E-state index contributed by atoms with van der Waals surface area (Å²) in [4.78, 5) is 10.9. The summed E-state index contributed by atoms with van der Waals surface area (Å²) in [5, 5.41) is 20.0. The molecule has 0 saturated heterocycles. The Kier molecular flexibility index (Phi) is 2.20. The van der Waals surface area contributed by atoms with Crippen LogP contribution in [0.2, 0.25) is 0 Å². The van der Waals surface area contributed by atoms with Crippen LogP contribution in [0, 0.1) is 11.3 Å². The molecule has 1 saturated carbocycles. The predicted octanol–water partition coefficient (Wildman–Crippen LogP) is 0.995. The third kappa shape index (κ3) is 1.39. The molecule has 0 N–H and O–H groups in total. The smallest absolute Gasteiger partial charge is 0.0828 e. The lowest BCUT2D eigenvalue weighted by Crippen LogP contribution is -2.36. The van der Waals surface area contributed by atoms with Crippen molar-refractivity contribution in [1.82, 2.24) is 0 Å². The van der Waals surface area contributed by atoms with Crippen molar-refractivity contribution in [2.75, 3.05) is 0 Å². The molecule has 2 rings (SSSR count). The summed E-state index contributed by atoms with van der Waals surface area (Å²) in [6.45, 7) is 0. The predicted molar refractivity (Wildman–Crippen MR) is 51.9 cm³/mol. The average Bonchev–Trinajstić information content (AvgIpc) is 2.17. The van der Waals surface area contributed by atoms with Crippen LogP contribution in [0.3, 0.4) is 0 Å². The summed E-state index contributed by atoms with van der Waals surface area (Å²) in [5.74, 6) is -1.20. The molecule has 1 fully saturated rings. The van der Waals surface area contributed by atoms with Crippen LogP contribution < -0.4 is 5.11 Å². The molecule has 0 heterocycles. The first-order chi connectivity index (χ1) is 7.19. The van der Waals surface area contributed by atoms with Crippen LogP contribution in [0.4, 0.5) is 0 Å². The standard InChI is InChI=1S/C12H11NO2/c13-8-12(6-3-7-12)10-5-2-1-4-9(10)11(14)15/h1-2,4-5H,3,6-7H2,(H,14,15)/p-1. The van der Waals surface area contributed by atoms with Crippen molar-refractivity contribution in [3.63, 3.8) is 0 Å². The number of benzene rings is 1. The average molecular weight is 200 g/mol. The van der Waals surface area contributed by atoms with E-state index in [-0.39, 0.29) is 5.56 Å². The summed E-state index contributed by atoms with van der Waals surface area (Å²) in [7, 11) is 0. The maximum atomic E-state index is 10.9. The van der Waals surface area contributed by atoms with Crippen molar-refractivity contribution in [3.8, 4) is 6.07 Å². The number of carbonyl (C=O) groups is 1. The van der Waals surface area contributed by atoms with Crippen LogP contribution in [0.5, 0.6) is 0 Å². The molecule has 0 atom stereocenters. The minimum absolute atomic E-state index is 0.152. The molecule has 1 aromatic rings. The van der Waals surface area contributed by atoms with Gasteiger partial charge in [0.15, 0.2) is 0 Å². The van der Waals surface area contributed by atoms with Crippen LogP contribution in [0.1, 0.15) is 35.2 Å². The molecule has 0 amide bonds. The Morgan fingerprint density at radius 3 is 2.53 bits per heavy atom. The van der Waals surface area contributed by atoms with Gasteiger partial charge < -0.3 is 9.90 Å². The first kappa shape index (κ1) is 9.72. The highest BCUT2D eigenvalue weighted by Crippen LogP contribution is 2.44. The maximum Gasteiger partial charge on any atom is 0.0828 e. The van der Waals surface area contributed by atoms with Gasteiger partial charge in [-0.15, -0.1) is 0 Å². The lowest BCUT2D eigenvalue weighted by atomic mass is 9.64. The largest absolute Gasteiger partial charge is 0.545 e. The Hall–Kier alpha value is -1.82. The van der Waals surface area contributed by atoms with E-state index in [1.165, 1.54) is 6.07 Å². The van der Waals surface area contributed by atoms with Gasteiger partial charge in [0.25, 0.3) is 0 Å². The van der Waals surface area contributed by atoms with E-state index in [0.29, 0.717) is 5.56 Å². The second kappa shape index (κ2) is 3.39. The number of nitriles is 1. The molecule has 3 heteroatoms. The lowest BCUT2D eigenvalue weighted by Gasteiger charge is -2.37. The summed E-state index contributed by atoms with van der Waals surface area (Å²) in [5.41, 5.74) is 0.175. The molecular weight excluding hydrogens is 190 g/mol. The summed E-state index contributed by atoms with van der Waals surface area (Å²) in [6.07, 6.45) is 2.47. The highest BCUT2D eigenvalue weighted by molar-refractivity contribution is 5.88. The summed E-state index contributed by atoms with van der Waals surface area (Å²) >= 11 is 0. The fourth-order valence-corrected chi connectivity index (χ4v) is 2.05. The number of carboxylic acids is 1. The topological polar surface area (TPSA) is 63.9 Å². The first-order valence-electron chi connectivity index (χ1n) is 4.92. The Balaban J connectivity index is 2.53. The second-order valence-corrected chi connectivity index (χ2v) is 3.88. The minimum atomic E-state index is -1.20. The number of carboxylic acid groups (broad SMARTS) is 1. The highest BCUT2D eigenvalue weighted by Gasteiger charge is 2.40. The molecular formula is C12H10NO2-. The van der Waals surface area contributed by atoms with Crippen molar-refractivity contribution in [2.24, 2.45) is 0 Å². The molecule has 1 aliphatic carbocycles.